The van der Waals surface area contributed by atoms with E-state index >= 15 is 0 Å². The Balaban J connectivity index is 0.000000344. The van der Waals surface area contributed by atoms with Gasteiger partial charge in [-0.2, -0.15) is 0 Å². The summed E-state index contributed by atoms with van der Waals surface area (Å²) in [5.41, 5.74) is 5.59. The molecule has 8 rings (SSSR count). The number of nitrogens with one attached hydrogen (secondary N) is 8. The lowest BCUT2D eigenvalue weighted by molar-refractivity contribution is -0.146. The normalized spacial score (nSPS) is 17.8. The van der Waals surface area contributed by atoms with E-state index in [2.05, 4.69) is 42.5 Å². The maximum Gasteiger partial charge on any atom is 0.410 e. The number of ether oxygens (including phenoxy) is 2. The van der Waals surface area contributed by atoms with Crippen LogP contribution in [0.4, 0.5) is 9.59 Å². The van der Waals surface area contributed by atoms with E-state index in [9.17, 15) is 86.6 Å². The molecule has 2 saturated heterocycles. The van der Waals surface area contributed by atoms with Crippen LogP contribution in [0.5, 0.6) is 0 Å². The number of nitrogens with zero attached hydrogens (tertiary/aromatic N) is 4. The fraction of sp³-hybridized carbons (Fsp3) is 0.549. The van der Waals surface area contributed by atoms with Gasteiger partial charge in [0.25, 0.3) is 11.8 Å². The summed E-state index contributed by atoms with van der Waals surface area (Å²) in [5, 5.41) is 48.9. The number of rotatable bonds is 42. The van der Waals surface area contributed by atoms with E-state index in [-0.39, 0.29) is 83.2 Å². The second-order valence-electron chi connectivity index (χ2n) is 33.7. The second-order valence-corrected chi connectivity index (χ2v) is 33.7. The largest absolute Gasteiger partial charge is 0.481 e. The van der Waals surface area contributed by atoms with Crippen LogP contribution in [0.2, 0.25) is 0 Å². The first-order chi connectivity index (χ1) is 59.4. The number of benzene rings is 4. The number of fused-ring (bicyclic) bond motifs is 2. The standard InChI is InChI=1S/C46H62N6O12.C45H62N6O10/c1-6-14-33(40(56)43(59)48-34(45(61)62)23-29-15-8-7-9-16-29)47-41(57)35-24-32(64-46(63)51-22-21-30-17-10-11-18-31(30)25-51)26-52(35)44(60)39(28(4)5)50-42(58)38(27(2)3)49-36(53)19-12-13-20-37(54)55;1-7-15-34(40(55)43(58)46-29(6)30-16-9-8-10-17-30)47-41(56)35-24-33(61-45(60)50-23-22-31-18-11-12-19-32(31)25-50)26-51(35)44(59)39(28(4)5)49-42(57)38(27(2)3)48-36(52)20-13-14-21-37(53)54/h7-11,15-18,27-28,32-35,38-39H,6,12-14,19-26H2,1-5H3,(H,47,57)(H,48,59)(H,49,53)(H,50,58)(H,54,55)(H,61,62);8-12,16-19,27-29,33-35,38-39H,7,13-15,20-26H2,1-6H3,(H,46,58)(H,47,56)(H,48,52)(H,49,57)(H,53,54)/t32?,33?,34-,35-,38-,39-;29-,33?,34?,35-,38-,39-/m00/s1. The lowest BCUT2D eigenvalue weighted by atomic mass is 9.98. The summed E-state index contributed by atoms with van der Waals surface area (Å²) in [6, 6.07) is 21.5. The summed E-state index contributed by atoms with van der Waals surface area (Å²) in [4.78, 5) is 231. The van der Waals surface area contributed by atoms with Crippen LogP contribution in [0.25, 0.3) is 0 Å². The van der Waals surface area contributed by atoms with E-state index in [0.717, 1.165) is 27.8 Å². The molecule has 34 heteroatoms. The topological polar surface area (TPSA) is 479 Å². The van der Waals surface area contributed by atoms with Gasteiger partial charge in [-0.25, -0.2) is 14.4 Å². The number of amides is 12. The number of carboxylic acids is 3. The Hall–Kier alpha value is -12.1. The highest BCUT2D eigenvalue weighted by molar-refractivity contribution is 6.39. The van der Waals surface area contributed by atoms with Crippen molar-refractivity contribution in [3.63, 3.8) is 0 Å². The van der Waals surface area contributed by atoms with Gasteiger partial charge >= 0.3 is 30.1 Å². The molecule has 12 amide bonds. The first-order valence-electron chi connectivity index (χ1n) is 43.3. The third-order valence-corrected chi connectivity index (χ3v) is 22.5. The molecule has 125 heavy (non-hydrogen) atoms. The number of carboxylic acid groups (broad SMARTS) is 3. The first kappa shape index (κ1) is 100.0. The van der Waals surface area contributed by atoms with Crippen LogP contribution < -0.4 is 42.5 Å². The van der Waals surface area contributed by atoms with E-state index in [1.807, 2.05) is 78.9 Å². The zero-order valence-electron chi connectivity index (χ0n) is 73.3. The van der Waals surface area contributed by atoms with Gasteiger partial charge in [-0.1, -0.05) is 191 Å². The summed E-state index contributed by atoms with van der Waals surface area (Å²) in [6.45, 7) is 19.9. The van der Waals surface area contributed by atoms with Crippen molar-refractivity contribution in [2.45, 2.75) is 271 Å². The van der Waals surface area contributed by atoms with Crippen LogP contribution in [0.1, 0.15) is 205 Å². The molecule has 4 aromatic carbocycles. The number of Topliss-reactive ketones (excluding diaryl/α,β-unsaturated/α-hetero) is 2. The molecule has 4 aliphatic heterocycles. The molecule has 0 aromatic heterocycles. The molecule has 680 valence electrons. The Labute approximate surface area is 729 Å². The molecule has 34 nitrogen and oxygen atoms in total. The minimum atomic E-state index is -1.45. The molecule has 0 spiro atoms. The van der Waals surface area contributed by atoms with Gasteiger partial charge < -0.3 is 86.9 Å². The van der Waals surface area contributed by atoms with E-state index in [4.69, 9.17) is 19.7 Å². The van der Waals surface area contributed by atoms with Gasteiger partial charge in [0.05, 0.1) is 31.2 Å². The van der Waals surface area contributed by atoms with Gasteiger partial charge in [0.1, 0.15) is 54.5 Å². The summed E-state index contributed by atoms with van der Waals surface area (Å²) in [6.07, 6.45) is -0.423. The van der Waals surface area contributed by atoms with Crippen LogP contribution in [0.3, 0.4) is 0 Å². The van der Waals surface area contributed by atoms with Crippen molar-refractivity contribution in [2.75, 3.05) is 26.2 Å². The molecule has 11 N–H and O–H groups in total. The van der Waals surface area contributed by atoms with Crippen molar-refractivity contribution < 1.29 is 106 Å². The molecule has 4 unspecified atom stereocenters. The molecule has 4 aromatic rings. The van der Waals surface area contributed by atoms with Gasteiger partial charge in [-0.3, -0.25) is 67.1 Å². The molecule has 4 heterocycles. The van der Waals surface area contributed by atoms with E-state index in [1.165, 1.54) is 14.7 Å². The molecule has 0 aliphatic carbocycles. The van der Waals surface area contributed by atoms with Crippen molar-refractivity contribution in [2.24, 2.45) is 23.7 Å². The number of likely N-dealkylation sites (tertiary alicyclic amines) is 2. The number of carbonyl (C=O) groups is 17. The van der Waals surface area contributed by atoms with Crippen molar-refractivity contribution in [3.8, 4) is 0 Å². The molecule has 2 fully saturated rings. The van der Waals surface area contributed by atoms with Crippen LogP contribution >= 0.6 is 0 Å². The van der Waals surface area contributed by atoms with E-state index in [1.54, 1.807) is 111 Å². The second kappa shape index (κ2) is 48.8. The fourth-order valence-electron chi connectivity index (χ4n) is 15.4. The Bertz CT molecular complexity index is 4450. The number of aliphatic carboxylic acids is 3. The third kappa shape index (κ3) is 30.1. The van der Waals surface area contributed by atoms with Gasteiger partial charge in [0.15, 0.2) is 0 Å². The summed E-state index contributed by atoms with van der Waals surface area (Å²) >= 11 is 0. The molecule has 12 atom stereocenters. The summed E-state index contributed by atoms with van der Waals surface area (Å²) in [5.74, 6) is -14.3. The van der Waals surface area contributed by atoms with Crippen LogP contribution in [0, 0.1) is 23.7 Å². The average molecular weight is 1740 g/mol. The number of unbranched alkanes of at least 4 members (excludes halogenated alkanes) is 2. The lowest BCUT2D eigenvalue weighted by Crippen LogP contribution is -2.60. The fourth-order valence-corrected chi connectivity index (χ4v) is 15.4. The Morgan fingerprint density at radius 3 is 1.14 bits per heavy atom. The van der Waals surface area contributed by atoms with E-state index < -0.39 is 191 Å². The Morgan fingerprint density at radius 2 is 0.768 bits per heavy atom. The highest BCUT2D eigenvalue weighted by Crippen LogP contribution is 2.30. The van der Waals surface area contributed by atoms with Crippen LogP contribution in [-0.2, 0) is 114 Å². The molecular weight excluding hydrogens is 1610 g/mol. The Morgan fingerprint density at radius 1 is 0.408 bits per heavy atom. The average Bonchev–Trinajstić information content (AvgIpc) is 1.66. The summed E-state index contributed by atoms with van der Waals surface area (Å²) < 4.78 is 11.9. The van der Waals surface area contributed by atoms with Crippen LogP contribution in [0.15, 0.2) is 109 Å². The highest BCUT2D eigenvalue weighted by atomic mass is 16.6. The van der Waals surface area contributed by atoms with Crippen molar-refractivity contribution in [1.29, 1.82) is 0 Å². The SMILES string of the molecule is CCCC(NC(=O)[C@@H]1CC(OC(=O)N2CCc3ccccc3C2)CN1C(=O)[C@@H](NC(=O)[C@@H](NC(=O)CCCCC(=O)O)C(C)C)C(C)C)C(=O)C(=O)N[C@@H](C)c1ccccc1.CCCC(NC(=O)[C@@H]1CC(OC(=O)N2CCc3ccccc3C2)CN1C(=O)[C@@H](NC(=O)[C@@H](NC(=O)CCCCC(=O)O)C(C)C)C(C)C)C(=O)C(=O)N[C@@H](Cc1ccccc1)C(=O)O. The zero-order chi connectivity index (χ0) is 91.9. The molecular formula is C91H124N12O22. The third-order valence-electron chi connectivity index (χ3n) is 22.5. The van der Waals surface area contributed by atoms with Crippen molar-refractivity contribution in [1.82, 2.24) is 62.1 Å². The zero-order valence-corrected chi connectivity index (χ0v) is 73.3. The molecule has 0 radical (unpaired) electrons. The molecule has 4 aliphatic rings. The maximum absolute atomic E-state index is 14.6. The van der Waals surface area contributed by atoms with Gasteiger partial charge in [0.2, 0.25) is 58.8 Å². The number of ketones is 2. The van der Waals surface area contributed by atoms with Gasteiger partial charge in [-0.15, -0.1) is 0 Å². The number of carbonyl (C=O) groups excluding carboxylic acids is 14. The minimum Gasteiger partial charge on any atom is -0.481 e. The predicted molar refractivity (Wildman–Crippen MR) is 458 cm³/mol. The first-order valence-corrected chi connectivity index (χ1v) is 43.3. The predicted octanol–water partition coefficient (Wildman–Crippen LogP) is 6.55. The highest BCUT2D eigenvalue weighted by Gasteiger charge is 2.49. The smallest absolute Gasteiger partial charge is 0.410 e. The quantitative estimate of drug-likeness (QED) is 0.0165. The Kier molecular flexibility index (Phi) is 39.0. The van der Waals surface area contributed by atoms with Gasteiger partial charge in [-0.05, 0) is 115 Å². The van der Waals surface area contributed by atoms with Gasteiger partial charge in [0, 0.05) is 71.1 Å². The number of hydrogen-bond acceptors (Lipinski definition) is 19. The van der Waals surface area contributed by atoms with Crippen molar-refractivity contribution in [3.05, 3.63) is 143 Å². The number of hydrogen-bond donors (Lipinski definition) is 11. The van der Waals surface area contributed by atoms with Crippen molar-refractivity contribution >= 4 is 101 Å². The molecule has 0 saturated carbocycles. The maximum atomic E-state index is 14.6. The van der Waals surface area contributed by atoms with Crippen LogP contribution in [-0.4, -0.2) is 228 Å². The lowest BCUT2D eigenvalue weighted by Gasteiger charge is -2.32. The molecule has 0 bridgehead atoms. The summed E-state index contributed by atoms with van der Waals surface area (Å²) in [7, 11) is 0. The van der Waals surface area contributed by atoms with E-state index in [0.29, 0.717) is 76.7 Å². The minimum absolute atomic E-state index is 0.00349. The monoisotopic (exact) mass is 1740 g/mol.